The van der Waals surface area contributed by atoms with Crippen LogP contribution in [0.15, 0.2) is 77.7 Å². The second-order valence-corrected chi connectivity index (χ2v) is 7.85. The molecule has 0 aliphatic heterocycles. The molecule has 0 aliphatic carbocycles. The van der Waals surface area contributed by atoms with E-state index in [1.54, 1.807) is 24.3 Å². The van der Waals surface area contributed by atoms with Crippen LogP contribution in [-0.2, 0) is 10.0 Å². The Morgan fingerprint density at radius 1 is 0.821 bits per heavy atom. The van der Waals surface area contributed by atoms with Crippen LogP contribution in [0, 0.1) is 5.82 Å². The summed E-state index contributed by atoms with van der Waals surface area (Å²) in [5, 5.41) is 5.70. The van der Waals surface area contributed by atoms with E-state index in [9.17, 15) is 17.6 Å². The summed E-state index contributed by atoms with van der Waals surface area (Å²) in [5.41, 5.74) is 1.16. The van der Waals surface area contributed by atoms with E-state index in [2.05, 4.69) is 15.4 Å². The van der Waals surface area contributed by atoms with E-state index in [1.165, 1.54) is 36.4 Å². The summed E-state index contributed by atoms with van der Waals surface area (Å²) in [6.45, 7) is 0. The molecule has 0 bridgehead atoms. The number of halogens is 2. The minimum absolute atomic E-state index is 0.00220. The summed E-state index contributed by atoms with van der Waals surface area (Å²) in [6, 6.07) is 16.7. The molecule has 6 nitrogen and oxygen atoms in total. The van der Waals surface area contributed by atoms with E-state index in [-0.39, 0.29) is 10.6 Å². The molecule has 0 aliphatic rings. The van der Waals surface area contributed by atoms with Crippen molar-refractivity contribution in [2.75, 3.05) is 15.4 Å². The van der Waals surface area contributed by atoms with Gasteiger partial charge in [0, 0.05) is 22.1 Å². The number of amides is 2. The highest BCUT2D eigenvalue weighted by Crippen LogP contribution is 2.19. The summed E-state index contributed by atoms with van der Waals surface area (Å²) in [7, 11) is -3.84. The fourth-order valence-electron chi connectivity index (χ4n) is 2.31. The highest BCUT2D eigenvalue weighted by Gasteiger charge is 2.14. The van der Waals surface area contributed by atoms with Crippen LogP contribution in [0.2, 0.25) is 5.02 Å². The lowest BCUT2D eigenvalue weighted by Gasteiger charge is -2.10. The van der Waals surface area contributed by atoms with Gasteiger partial charge in [0.05, 0.1) is 4.90 Å². The van der Waals surface area contributed by atoms with Gasteiger partial charge in [-0.05, 0) is 66.7 Å². The van der Waals surface area contributed by atoms with E-state index in [0.29, 0.717) is 16.4 Å². The largest absolute Gasteiger partial charge is 0.323 e. The van der Waals surface area contributed by atoms with Crippen molar-refractivity contribution < 1.29 is 17.6 Å². The minimum atomic E-state index is -3.84. The molecule has 0 aromatic heterocycles. The number of carbonyl (C=O) groups is 1. The summed E-state index contributed by atoms with van der Waals surface area (Å²) >= 11 is 5.86. The molecular weight excluding hydrogens is 405 g/mol. The Hall–Kier alpha value is -3.10. The molecule has 144 valence electrons. The SMILES string of the molecule is O=C(Nc1ccc(S(=O)(=O)Nc2ccc(F)cc2)cc1)Nc1cccc(Cl)c1. The molecule has 0 fully saturated rings. The van der Waals surface area contributed by atoms with Crippen LogP contribution in [0.4, 0.5) is 26.2 Å². The minimum Gasteiger partial charge on any atom is -0.308 e. The fraction of sp³-hybridized carbons (Fsp3) is 0. The number of sulfonamides is 1. The first-order valence-electron chi connectivity index (χ1n) is 8.04. The van der Waals surface area contributed by atoms with Crippen LogP contribution < -0.4 is 15.4 Å². The predicted octanol–water partition coefficient (Wildman–Crippen LogP) is 4.92. The number of benzene rings is 3. The lowest BCUT2D eigenvalue weighted by atomic mass is 10.3. The van der Waals surface area contributed by atoms with Crippen LogP contribution >= 0.6 is 11.6 Å². The van der Waals surface area contributed by atoms with Crippen molar-refractivity contribution in [3.8, 4) is 0 Å². The second-order valence-electron chi connectivity index (χ2n) is 5.73. The molecule has 0 unspecified atom stereocenters. The van der Waals surface area contributed by atoms with Crippen molar-refractivity contribution in [3.05, 3.63) is 83.6 Å². The standard InChI is InChI=1S/C19H15ClFN3O3S/c20-13-2-1-3-17(12-13)23-19(25)22-15-8-10-18(11-9-15)28(26,27)24-16-6-4-14(21)5-7-16/h1-12,24H,(H2,22,23,25). The lowest BCUT2D eigenvalue weighted by Crippen LogP contribution is -2.19. The van der Waals surface area contributed by atoms with Crippen molar-refractivity contribution in [1.29, 1.82) is 0 Å². The Balaban J connectivity index is 1.65. The number of anilines is 3. The Kier molecular flexibility index (Phi) is 5.81. The maximum Gasteiger partial charge on any atom is 0.323 e. The van der Waals surface area contributed by atoms with Gasteiger partial charge in [-0.25, -0.2) is 17.6 Å². The van der Waals surface area contributed by atoms with Gasteiger partial charge in [0.2, 0.25) is 0 Å². The number of hydrogen-bond acceptors (Lipinski definition) is 3. The van der Waals surface area contributed by atoms with Crippen LogP contribution in [0.25, 0.3) is 0 Å². The summed E-state index contributed by atoms with van der Waals surface area (Å²) in [4.78, 5) is 12.0. The van der Waals surface area contributed by atoms with Crippen molar-refractivity contribution in [2.24, 2.45) is 0 Å². The molecule has 0 saturated heterocycles. The molecule has 9 heteroatoms. The highest BCUT2D eigenvalue weighted by molar-refractivity contribution is 7.92. The molecule has 3 rings (SSSR count). The third-order valence-electron chi connectivity index (χ3n) is 3.60. The van der Waals surface area contributed by atoms with Crippen molar-refractivity contribution in [2.45, 2.75) is 4.90 Å². The Bertz CT molecular complexity index is 1090. The van der Waals surface area contributed by atoms with E-state index >= 15 is 0 Å². The maximum absolute atomic E-state index is 12.9. The summed E-state index contributed by atoms with van der Waals surface area (Å²) < 4.78 is 40.0. The normalized spacial score (nSPS) is 10.9. The van der Waals surface area contributed by atoms with Gasteiger partial charge in [-0.3, -0.25) is 4.72 Å². The van der Waals surface area contributed by atoms with Crippen LogP contribution in [0.5, 0.6) is 0 Å². The van der Waals surface area contributed by atoms with Crippen LogP contribution in [0.1, 0.15) is 0 Å². The van der Waals surface area contributed by atoms with Gasteiger partial charge in [-0.15, -0.1) is 0 Å². The number of carbonyl (C=O) groups excluding carboxylic acids is 1. The van der Waals surface area contributed by atoms with Crippen molar-refractivity contribution in [1.82, 2.24) is 0 Å². The van der Waals surface area contributed by atoms with E-state index in [0.717, 1.165) is 12.1 Å². The Morgan fingerprint density at radius 3 is 2.07 bits per heavy atom. The highest BCUT2D eigenvalue weighted by atomic mass is 35.5. The third kappa shape index (κ3) is 5.21. The number of nitrogens with one attached hydrogen (secondary N) is 3. The second kappa shape index (κ2) is 8.28. The average Bonchev–Trinajstić information content (AvgIpc) is 2.64. The number of hydrogen-bond donors (Lipinski definition) is 3. The molecule has 0 radical (unpaired) electrons. The molecule has 0 heterocycles. The third-order valence-corrected chi connectivity index (χ3v) is 5.23. The molecule has 0 atom stereocenters. The smallest absolute Gasteiger partial charge is 0.308 e. The monoisotopic (exact) mass is 419 g/mol. The molecule has 2 amide bonds. The molecule has 3 aromatic carbocycles. The van der Waals surface area contributed by atoms with Crippen LogP contribution in [-0.4, -0.2) is 14.4 Å². The molecule has 0 spiro atoms. The zero-order chi connectivity index (χ0) is 20.1. The maximum atomic E-state index is 12.9. The topological polar surface area (TPSA) is 87.3 Å². The van der Waals surface area contributed by atoms with Gasteiger partial charge in [0.25, 0.3) is 10.0 Å². The predicted molar refractivity (Wildman–Crippen MR) is 108 cm³/mol. The van der Waals surface area contributed by atoms with E-state index in [4.69, 9.17) is 11.6 Å². The zero-order valence-corrected chi connectivity index (χ0v) is 15.9. The van der Waals surface area contributed by atoms with Gasteiger partial charge in [0.1, 0.15) is 5.82 Å². The Morgan fingerprint density at radius 2 is 1.43 bits per heavy atom. The average molecular weight is 420 g/mol. The van der Waals surface area contributed by atoms with Crippen molar-refractivity contribution >= 4 is 44.7 Å². The molecule has 3 aromatic rings. The van der Waals surface area contributed by atoms with Crippen LogP contribution in [0.3, 0.4) is 0 Å². The summed E-state index contributed by atoms with van der Waals surface area (Å²) in [6.07, 6.45) is 0. The first-order valence-corrected chi connectivity index (χ1v) is 9.90. The van der Waals surface area contributed by atoms with E-state index in [1.807, 2.05) is 0 Å². The first kappa shape index (κ1) is 19.7. The Labute approximate surface area is 166 Å². The summed E-state index contributed by atoms with van der Waals surface area (Å²) in [5.74, 6) is -0.463. The molecule has 28 heavy (non-hydrogen) atoms. The molecular formula is C19H15ClFN3O3S. The number of rotatable bonds is 5. The first-order chi connectivity index (χ1) is 13.3. The van der Waals surface area contributed by atoms with Gasteiger partial charge in [-0.2, -0.15) is 0 Å². The van der Waals surface area contributed by atoms with E-state index < -0.39 is 21.9 Å². The number of urea groups is 1. The van der Waals surface area contributed by atoms with Gasteiger partial charge in [-0.1, -0.05) is 17.7 Å². The van der Waals surface area contributed by atoms with Gasteiger partial charge in [0.15, 0.2) is 0 Å². The molecule has 0 saturated carbocycles. The van der Waals surface area contributed by atoms with Gasteiger partial charge >= 0.3 is 6.03 Å². The van der Waals surface area contributed by atoms with Gasteiger partial charge < -0.3 is 10.6 Å². The van der Waals surface area contributed by atoms with Crippen molar-refractivity contribution in [3.63, 3.8) is 0 Å². The lowest BCUT2D eigenvalue weighted by molar-refractivity contribution is 0.262. The molecule has 3 N–H and O–H groups in total. The quantitative estimate of drug-likeness (QED) is 0.548. The zero-order valence-electron chi connectivity index (χ0n) is 14.3. The fourth-order valence-corrected chi connectivity index (χ4v) is 3.56.